The number of carbonyl (C=O) groups excluding carboxylic acids is 1. The third-order valence-electron chi connectivity index (χ3n) is 3.14. The van der Waals surface area contributed by atoms with Crippen molar-refractivity contribution < 1.29 is 9.21 Å². The largest absolute Gasteiger partial charge is 0.451 e. The van der Waals surface area contributed by atoms with Gasteiger partial charge >= 0.3 is 0 Å². The summed E-state index contributed by atoms with van der Waals surface area (Å²) in [5.74, 6) is 0.155. The highest BCUT2D eigenvalue weighted by molar-refractivity contribution is 9.10. The SMILES string of the molecule is Cc1cc(C(=O)c2cc3cccc(Cl)c3o2)ccc1Br. The number of hydrogen-bond donors (Lipinski definition) is 0. The first kappa shape index (κ1) is 13.4. The number of rotatable bonds is 2. The molecule has 0 aliphatic rings. The molecule has 100 valence electrons. The predicted octanol–water partition coefficient (Wildman–Crippen LogP) is 5.39. The molecule has 4 heteroatoms. The molecule has 2 aromatic carbocycles. The van der Waals surface area contributed by atoms with Crippen molar-refractivity contribution in [1.82, 2.24) is 0 Å². The Hall–Kier alpha value is -1.58. The molecule has 20 heavy (non-hydrogen) atoms. The van der Waals surface area contributed by atoms with Crippen molar-refractivity contribution in [3.63, 3.8) is 0 Å². The first-order valence-corrected chi connectivity index (χ1v) is 7.22. The van der Waals surface area contributed by atoms with E-state index in [1.165, 1.54) is 0 Å². The molecule has 0 aliphatic carbocycles. The average Bonchev–Trinajstić information content (AvgIpc) is 2.86. The molecule has 0 aliphatic heterocycles. The third-order valence-corrected chi connectivity index (χ3v) is 4.33. The smallest absolute Gasteiger partial charge is 0.228 e. The lowest BCUT2D eigenvalue weighted by atomic mass is 10.1. The molecule has 0 saturated carbocycles. The molecule has 0 N–H and O–H groups in total. The highest BCUT2D eigenvalue weighted by atomic mass is 79.9. The van der Waals surface area contributed by atoms with Crippen LogP contribution in [0.4, 0.5) is 0 Å². The molecule has 3 rings (SSSR count). The Balaban J connectivity index is 2.08. The van der Waals surface area contributed by atoms with Crippen LogP contribution < -0.4 is 0 Å². The van der Waals surface area contributed by atoms with Gasteiger partial charge in [0, 0.05) is 15.4 Å². The molecule has 1 heterocycles. The maximum absolute atomic E-state index is 12.4. The number of benzene rings is 2. The number of para-hydroxylation sites is 1. The van der Waals surface area contributed by atoms with Gasteiger partial charge in [-0.2, -0.15) is 0 Å². The van der Waals surface area contributed by atoms with Gasteiger partial charge in [0.2, 0.25) is 5.78 Å². The van der Waals surface area contributed by atoms with Gasteiger partial charge in [0.25, 0.3) is 0 Å². The fourth-order valence-electron chi connectivity index (χ4n) is 2.07. The first-order valence-electron chi connectivity index (χ1n) is 6.05. The van der Waals surface area contributed by atoms with E-state index in [0.29, 0.717) is 21.9 Å². The zero-order valence-corrected chi connectivity index (χ0v) is 13.0. The fraction of sp³-hybridized carbons (Fsp3) is 0.0625. The second-order valence-corrected chi connectivity index (χ2v) is 5.82. The van der Waals surface area contributed by atoms with Crippen LogP contribution in [0.5, 0.6) is 0 Å². The molecule has 3 aromatic rings. The van der Waals surface area contributed by atoms with Gasteiger partial charge in [-0.3, -0.25) is 4.79 Å². The van der Waals surface area contributed by atoms with Crippen LogP contribution in [0, 0.1) is 6.92 Å². The van der Waals surface area contributed by atoms with Gasteiger partial charge in [-0.15, -0.1) is 0 Å². The second kappa shape index (κ2) is 5.08. The van der Waals surface area contributed by atoms with Gasteiger partial charge in [0.1, 0.15) is 0 Å². The zero-order valence-electron chi connectivity index (χ0n) is 10.6. The summed E-state index contributed by atoms with van der Waals surface area (Å²) < 4.78 is 6.57. The Labute approximate surface area is 129 Å². The van der Waals surface area contributed by atoms with Gasteiger partial charge < -0.3 is 4.42 Å². The van der Waals surface area contributed by atoms with Gasteiger partial charge in [-0.25, -0.2) is 0 Å². The molecule has 0 amide bonds. The Morgan fingerprint density at radius 1 is 1.20 bits per heavy atom. The highest BCUT2D eigenvalue weighted by Crippen LogP contribution is 2.28. The summed E-state index contributed by atoms with van der Waals surface area (Å²) in [5.41, 5.74) is 2.15. The lowest BCUT2D eigenvalue weighted by molar-refractivity contribution is 0.101. The average molecular weight is 350 g/mol. The monoisotopic (exact) mass is 348 g/mol. The van der Waals surface area contributed by atoms with E-state index in [9.17, 15) is 4.79 Å². The number of hydrogen-bond acceptors (Lipinski definition) is 2. The van der Waals surface area contributed by atoms with Crippen LogP contribution in [0.15, 0.2) is 51.4 Å². The molecule has 0 atom stereocenters. The van der Waals surface area contributed by atoms with Crippen molar-refractivity contribution in [3.05, 3.63) is 68.8 Å². The predicted molar refractivity (Wildman–Crippen MR) is 83.5 cm³/mol. The lowest BCUT2D eigenvalue weighted by Gasteiger charge is -2.01. The quantitative estimate of drug-likeness (QED) is 0.581. The standard InChI is InChI=1S/C16H10BrClO2/c1-9-7-10(5-6-12(9)17)15(19)14-8-11-3-2-4-13(18)16(11)20-14/h2-8H,1H3. The van der Waals surface area contributed by atoms with E-state index in [-0.39, 0.29) is 5.78 Å². The maximum atomic E-state index is 12.4. The number of halogens is 2. The van der Waals surface area contributed by atoms with Crippen molar-refractivity contribution in [3.8, 4) is 0 Å². The number of aryl methyl sites for hydroxylation is 1. The van der Waals surface area contributed by atoms with Crippen molar-refractivity contribution in [2.45, 2.75) is 6.92 Å². The molecular formula is C16H10BrClO2. The molecule has 0 radical (unpaired) electrons. The van der Waals surface area contributed by atoms with Crippen LogP contribution >= 0.6 is 27.5 Å². The molecule has 0 spiro atoms. The number of fused-ring (bicyclic) bond motifs is 1. The topological polar surface area (TPSA) is 30.2 Å². The summed E-state index contributed by atoms with van der Waals surface area (Å²) in [6.45, 7) is 1.94. The first-order chi connectivity index (χ1) is 9.56. The minimum Gasteiger partial charge on any atom is -0.451 e. The molecule has 2 nitrogen and oxygen atoms in total. The van der Waals surface area contributed by atoms with Crippen LogP contribution in [-0.4, -0.2) is 5.78 Å². The van der Waals surface area contributed by atoms with Crippen molar-refractivity contribution in [1.29, 1.82) is 0 Å². The van der Waals surface area contributed by atoms with E-state index < -0.39 is 0 Å². The van der Waals surface area contributed by atoms with Crippen LogP contribution in [0.25, 0.3) is 11.0 Å². The summed E-state index contributed by atoms with van der Waals surface area (Å²) in [7, 11) is 0. The van der Waals surface area contributed by atoms with Crippen molar-refractivity contribution >= 4 is 44.3 Å². The van der Waals surface area contributed by atoms with Crippen LogP contribution in [0.1, 0.15) is 21.7 Å². The normalized spacial score (nSPS) is 10.9. The summed E-state index contributed by atoms with van der Waals surface area (Å²) in [6.07, 6.45) is 0. The Bertz CT molecular complexity index is 820. The minimum atomic E-state index is -0.145. The molecule has 0 saturated heterocycles. The summed E-state index contributed by atoms with van der Waals surface area (Å²) >= 11 is 9.48. The third kappa shape index (κ3) is 2.28. The summed E-state index contributed by atoms with van der Waals surface area (Å²) in [5, 5.41) is 1.34. The number of furan rings is 1. The Morgan fingerprint density at radius 3 is 2.70 bits per heavy atom. The zero-order chi connectivity index (χ0) is 14.3. The Kier molecular flexibility index (Phi) is 3.40. The van der Waals surface area contributed by atoms with E-state index in [2.05, 4.69) is 15.9 Å². The van der Waals surface area contributed by atoms with Crippen LogP contribution in [0.2, 0.25) is 5.02 Å². The fourth-order valence-corrected chi connectivity index (χ4v) is 2.53. The Morgan fingerprint density at radius 2 is 2.00 bits per heavy atom. The van der Waals surface area contributed by atoms with Gasteiger partial charge in [0.05, 0.1) is 5.02 Å². The van der Waals surface area contributed by atoms with E-state index in [1.54, 1.807) is 18.2 Å². The minimum absolute atomic E-state index is 0.145. The number of ketones is 1. The van der Waals surface area contributed by atoms with E-state index in [4.69, 9.17) is 16.0 Å². The van der Waals surface area contributed by atoms with E-state index in [1.807, 2.05) is 31.2 Å². The van der Waals surface area contributed by atoms with Crippen molar-refractivity contribution in [2.24, 2.45) is 0 Å². The van der Waals surface area contributed by atoms with Gasteiger partial charge in [-0.1, -0.05) is 39.7 Å². The van der Waals surface area contributed by atoms with Gasteiger partial charge in [-0.05, 0) is 42.8 Å². The van der Waals surface area contributed by atoms with Crippen LogP contribution in [-0.2, 0) is 0 Å². The lowest BCUT2D eigenvalue weighted by Crippen LogP contribution is -1.99. The maximum Gasteiger partial charge on any atom is 0.228 e. The van der Waals surface area contributed by atoms with Crippen LogP contribution in [0.3, 0.4) is 0 Å². The van der Waals surface area contributed by atoms with Crippen molar-refractivity contribution in [2.75, 3.05) is 0 Å². The molecular weight excluding hydrogens is 340 g/mol. The second-order valence-electron chi connectivity index (χ2n) is 4.56. The number of carbonyl (C=O) groups is 1. The summed E-state index contributed by atoms with van der Waals surface area (Å²) in [6, 6.07) is 12.6. The highest BCUT2D eigenvalue weighted by Gasteiger charge is 2.16. The van der Waals surface area contributed by atoms with E-state index in [0.717, 1.165) is 15.4 Å². The molecule has 1 aromatic heterocycles. The van der Waals surface area contributed by atoms with Gasteiger partial charge in [0.15, 0.2) is 11.3 Å². The summed E-state index contributed by atoms with van der Waals surface area (Å²) in [4.78, 5) is 12.4. The molecule has 0 fully saturated rings. The van der Waals surface area contributed by atoms with E-state index >= 15 is 0 Å². The molecule has 0 bridgehead atoms. The molecule has 0 unspecified atom stereocenters.